The molecule has 0 N–H and O–H groups in total. The summed E-state index contributed by atoms with van der Waals surface area (Å²) in [5.41, 5.74) is 2.75. The number of methoxy groups -OCH3 is 1. The minimum atomic E-state index is 0.517. The smallest absolute Gasteiger partial charge is 0.192 e. The highest BCUT2D eigenvalue weighted by atomic mass is 32.2. The van der Waals surface area contributed by atoms with Gasteiger partial charge in [0.25, 0.3) is 0 Å². The van der Waals surface area contributed by atoms with Crippen LogP contribution in [0.2, 0.25) is 0 Å². The van der Waals surface area contributed by atoms with Crippen LogP contribution in [-0.2, 0) is 12.3 Å². The largest absolute Gasteiger partial charge is 0.497 e. The second kappa shape index (κ2) is 9.15. The van der Waals surface area contributed by atoms with Crippen molar-refractivity contribution in [3.8, 4) is 28.5 Å². The molecule has 160 valence electrons. The van der Waals surface area contributed by atoms with Crippen molar-refractivity contribution in [3.63, 3.8) is 0 Å². The van der Waals surface area contributed by atoms with Crippen molar-refractivity contribution in [1.82, 2.24) is 19.9 Å². The van der Waals surface area contributed by atoms with E-state index in [1.54, 1.807) is 25.1 Å². The molecule has 0 spiro atoms. The molecule has 3 heterocycles. The highest BCUT2D eigenvalue weighted by Gasteiger charge is 2.17. The first-order valence-corrected chi connectivity index (χ1v) is 11.0. The number of furan rings is 1. The Balaban J connectivity index is 1.41. The Morgan fingerprint density at radius 1 is 0.938 bits per heavy atom. The van der Waals surface area contributed by atoms with Gasteiger partial charge in [-0.2, -0.15) is 0 Å². The maximum atomic E-state index is 5.58. The molecule has 5 aromatic rings. The first-order valence-electron chi connectivity index (χ1n) is 10.0. The number of hydrogen-bond acceptors (Lipinski definition) is 7. The molecule has 0 aliphatic rings. The van der Waals surface area contributed by atoms with Crippen LogP contribution < -0.4 is 4.74 Å². The van der Waals surface area contributed by atoms with Crippen molar-refractivity contribution < 1.29 is 13.7 Å². The standard InChI is InChI=1S/C24H20N4O3S/c1-29-20-10-5-9-18(13-20)23-25-26-24(28(23)15-21-11-6-12-30-21)32-16-19-14-22(31-27-19)17-7-3-2-4-8-17/h2-14H,15-16H2,1H3. The van der Waals surface area contributed by atoms with E-state index >= 15 is 0 Å². The predicted molar refractivity (Wildman–Crippen MR) is 121 cm³/mol. The number of thioether (sulfide) groups is 1. The molecule has 0 unspecified atom stereocenters. The molecule has 7 nitrogen and oxygen atoms in total. The van der Waals surface area contributed by atoms with Crippen LogP contribution in [0.1, 0.15) is 11.5 Å². The van der Waals surface area contributed by atoms with Crippen molar-refractivity contribution in [2.24, 2.45) is 0 Å². The minimum Gasteiger partial charge on any atom is -0.497 e. The Kier molecular flexibility index (Phi) is 5.76. The van der Waals surface area contributed by atoms with E-state index < -0.39 is 0 Å². The molecule has 0 bridgehead atoms. The Hall–Kier alpha value is -3.78. The van der Waals surface area contributed by atoms with Crippen LogP contribution in [0.5, 0.6) is 5.75 Å². The first kappa shape index (κ1) is 20.1. The van der Waals surface area contributed by atoms with Gasteiger partial charge < -0.3 is 13.7 Å². The SMILES string of the molecule is COc1cccc(-c2nnc(SCc3cc(-c4ccccc4)on3)n2Cc2ccco2)c1. The van der Waals surface area contributed by atoms with Gasteiger partial charge in [-0.3, -0.25) is 4.57 Å². The highest BCUT2D eigenvalue weighted by molar-refractivity contribution is 7.98. The molecule has 0 fully saturated rings. The van der Waals surface area contributed by atoms with E-state index in [9.17, 15) is 0 Å². The lowest BCUT2D eigenvalue weighted by molar-refractivity contribution is 0.415. The van der Waals surface area contributed by atoms with Gasteiger partial charge in [-0.25, -0.2) is 0 Å². The maximum Gasteiger partial charge on any atom is 0.192 e. The molecule has 0 radical (unpaired) electrons. The molecule has 0 amide bonds. The number of aromatic nitrogens is 4. The van der Waals surface area contributed by atoms with Crippen molar-refractivity contribution in [2.75, 3.05) is 7.11 Å². The summed E-state index contributed by atoms with van der Waals surface area (Å²) in [7, 11) is 1.65. The van der Waals surface area contributed by atoms with Gasteiger partial charge in [0.05, 0.1) is 25.6 Å². The summed E-state index contributed by atoms with van der Waals surface area (Å²) in [6.07, 6.45) is 1.66. The Morgan fingerprint density at radius 2 is 1.81 bits per heavy atom. The van der Waals surface area contributed by atoms with Crippen LogP contribution in [0, 0.1) is 0 Å². The number of nitrogens with zero attached hydrogens (tertiary/aromatic N) is 4. The first-order chi connectivity index (χ1) is 15.8. The van der Waals surface area contributed by atoms with E-state index in [2.05, 4.69) is 15.4 Å². The molecular formula is C24H20N4O3S. The van der Waals surface area contributed by atoms with Crippen molar-refractivity contribution >= 4 is 11.8 Å². The van der Waals surface area contributed by atoms with E-state index in [1.165, 1.54) is 0 Å². The molecule has 0 aliphatic carbocycles. The lowest BCUT2D eigenvalue weighted by Gasteiger charge is -2.09. The summed E-state index contributed by atoms with van der Waals surface area (Å²) in [5, 5.41) is 13.9. The van der Waals surface area contributed by atoms with Crippen LogP contribution >= 0.6 is 11.8 Å². The fourth-order valence-corrected chi connectivity index (χ4v) is 4.15. The van der Waals surface area contributed by atoms with Gasteiger partial charge in [-0.1, -0.05) is 59.4 Å². The quantitative estimate of drug-likeness (QED) is 0.291. The lowest BCUT2D eigenvalue weighted by atomic mass is 10.2. The summed E-state index contributed by atoms with van der Waals surface area (Å²) in [4.78, 5) is 0. The average Bonchev–Trinajstić information content (AvgIpc) is 3.60. The van der Waals surface area contributed by atoms with Crippen LogP contribution in [0.4, 0.5) is 0 Å². The van der Waals surface area contributed by atoms with E-state index in [1.807, 2.05) is 77.4 Å². The third-order valence-electron chi connectivity index (χ3n) is 4.91. The Bertz CT molecular complexity index is 1300. The molecule has 0 atom stereocenters. The summed E-state index contributed by atoms with van der Waals surface area (Å²) < 4.78 is 18.5. The number of ether oxygens (including phenoxy) is 1. The van der Waals surface area contributed by atoms with E-state index in [-0.39, 0.29) is 0 Å². The molecule has 0 aliphatic heterocycles. The van der Waals surface area contributed by atoms with Crippen LogP contribution in [0.25, 0.3) is 22.7 Å². The zero-order valence-corrected chi connectivity index (χ0v) is 18.2. The number of benzene rings is 2. The molecule has 5 rings (SSSR count). The van der Waals surface area contributed by atoms with Gasteiger partial charge in [0.15, 0.2) is 16.7 Å². The van der Waals surface area contributed by atoms with Gasteiger partial charge in [-0.15, -0.1) is 10.2 Å². The Labute approximate surface area is 189 Å². The fraction of sp³-hybridized carbons (Fsp3) is 0.125. The van der Waals surface area contributed by atoms with Gasteiger partial charge in [0, 0.05) is 22.9 Å². The third kappa shape index (κ3) is 4.31. The van der Waals surface area contributed by atoms with E-state index in [0.717, 1.165) is 45.1 Å². The number of hydrogen-bond donors (Lipinski definition) is 0. The zero-order valence-electron chi connectivity index (χ0n) is 17.3. The maximum absolute atomic E-state index is 5.58. The fourth-order valence-electron chi connectivity index (χ4n) is 3.33. The summed E-state index contributed by atoms with van der Waals surface area (Å²) >= 11 is 1.55. The molecular weight excluding hydrogens is 424 g/mol. The number of rotatable bonds is 8. The topological polar surface area (TPSA) is 79.1 Å². The predicted octanol–water partition coefficient (Wildman–Crippen LogP) is 5.54. The van der Waals surface area contributed by atoms with Gasteiger partial charge in [0.1, 0.15) is 11.5 Å². The van der Waals surface area contributed by atoms with Gasteiger partial charge in [0.2, 0.25) is 0 Å². The van der Waals surface area contributed by atoms with Gasteiger partial charge >= 0.3 is 0 Å². The Morgan fingerprint density at radius 3 is 2.62 bits per heavy atom. The third-order valence-corrected chi connectivity index (χ3v) is 5.91. The molecule has 32 heavy (non-hydrogen) atoms. The van der Waals surface area contributed by atoms with Crippen LogP contribution in [0.3, 0.4) is 0 Å². The monoisotopic (exact) mass is 444 g/mol. The normalized spacial score (nSPS) is 11.0. The molecule has 0 saturated carbocycles. The molecule has 3 aromatic heterocycles. The van der Waals surface area contributed by atoms with Crippen LogP contribution in [-0.4, -0.2) is 27.0 Å². The summed E-state index contributed by atoms with van der Waals surface area (Å²) in [6.45, 7) is 0.517. The van der Waals surface area contributed by atoms with Crippen molar-refractivity contribution in [3.05, 3.63) is 90.5 Å². The van der Waals surface area contributed by atoms with E-state index in [0.29, 0.717) is 12.3 Å². The second-order valence-corrected chi connectivity index (χ2v) is 7.98. The highest BCUT2D eigenvalue weighted by Crippen LogP contribution is 2.30. The molecule has 8 heteroatoms. The molecule has 2 aromatic carbocycles. The zero-order chi connectivity index (χ0) is 21.8. The average molecular weight is 445 g/mol. The summed E-state index contributed by atoms with van der Waals surface area (Å²) in [5.74, 6) is 3.68. The van der Waals surface area contributed by atoms with E-state index in [4.69, 9.17) is 13.7 Å². The van der Waals surface area contributed by atoms with Crippen molar-refractivity contribution in [2.45, 2.75) is 17.5 Å². The lowest BCUT2D eigenvalue weighted by Crippen LogP contribution is -2.03. The van der Waals surface area contributed by atoms with Gasteiger partial charge in [-0.05, 0) is 24.3 Å². The second-order valence-electron chi connectivity index (χ2n) is 7.04. The molecule has 0 saturated heterocycles. The minimum absolute atomic E-state index is 0.517. The summed E-state index contributed by atoms with van der Waals surface area (Å²) in [6, 6.07) is 23.5. The van der Waals surface area contributed by atoms with Crippen molar-refractivity contribution in [1.29, 1.82) is 0 Å². The van der Waals surface area contributed by atoms with Crippen LogP contribution in [0.15, 0.2) is 93.2 Å².